The molecule has 0 aromatic rings. The second kappa shape index (κ2) is 7.84. The normalized spacial score (nSPS) is 24.4. The highest BCUT2D eigenvalue weighted by Crippen LogP contribution is 2.18. The Labute approximate surface area is 123 Å². The van der Waals surface area contributed by atoms with Gasteiger partial charge in [-0.1, -0.05) is 13.3 Å². The molecule has 1 aliphatic carbocycles. The Hall–Kier alpha value is -0.810. The Morgan fingerprint density at radius 3 is 2.60 bits per heavy atom. The van der Waals surface area contributed by atoms with Crippen LogP contribution in [0.4, 0.5) is 4.79 Å². The summed E-state index contributed by atoms with van der Waals surface area (Å²) in [4.78, 5) is 11.7. The molecule has 1 fully saturated rings. The summed E-state index contributed by atoms with van der Waals surface area (Å²) in [6.45, 7) is 8.37. The van der Waals surface area contributed by atoms with Gasteiger partial charge in [0.25, 0.3) is 0 Å². The van der Waals surface area contributed by atoms with Gasteiger partial charge in [-0.2, -0.15) is 0 Å². The molecule has 3 atom stereocenters. The van der Waals surface area contributed by atoms with Gasteiger partial charge >= 0.3 is 6.09 Å². The topological polar surface area (TPSA) is 76.4 Å². The van der Waals surface area contributed by atoms with Crippen molar-refractivity contribution in [2.45, 2.75) is 83.5 Å². The van der Waals surface area contributed by atoms with Gasteiger partial charge in [-0.05, 0) is 46.5 Å². The van der Waals surface area contributed by atoms with Crippen molar-refractivity contribution in [2.24, 2.45) is 5.73 Å². The summed E-state index contributed by atoms with van der Waals surface area (Å²) >= 11 is 0. The Balaban J connectivity index is 2.33. The van der Waals surface area contributed by atoms with Crippen molar-refractivity contribution in [3.63, 3.8) is 0 Å². The first-order valence-electron chi connectivity index (χ1n) is 7.78. The van der Waals surface area contributed by atoms with Crippen molar-refractivity contribution < 1.29 is 9.53 Å². The number of alkyl carbamates (subject to hydrolysis) is 1. The maximum Gasteiger partial charge on any atom is 0.407 e. The molecule has 20 heavy (non-hydrogen) atoms. The van der Waals surface area contributed by atoms with Crippen LogP contribution in [0, 0.1) is 0 Å². The third kappa shape index (κ3) is 7.10. The molecular formula is C15H31N3O2. The summed E-state index contributed by atoms with van der Waals surface area (Å²) in [5.41, 5.74) is 5.49. The summed E-state index contributed by atoms with van der Waals surface area (Å²) in [6.07, 6.45) is 5.05. The molecule has 1 aliphatic rings. The van der Waals surface area contributed by atoms with E-state index in [0.29, 0.717) is 24.7 Å². The summed E-state index contributed by atoms with van der Waals surface area (Å²) in [5, 5.41) is 6.47. The third-order valence-corrected chi connectivity index (χ3v) is 3.47. The monoisotopic (exact) mass is 285 g/mol. The Bertz CT molecular complexity index is 302. The van der Waals surface area contributed by atoms with Crippen LogP contribution in [-0.4, -0.2) is 36.4 Å². The Morgan fingerprint density at radius 2 is 2.10 bits per heavy atom. The summed E-state index contributed by atoms with van der Waals surface area (Å²) in [7, 11) is 0. The van der Waals surface area contributed by atoms with Crippen LogP contribution in [0.1, 0.15) is 59.8 Å². The molecule has 0 saturated heterocycles. The molecule has 1 saturated carbocycles. The van der Waals surface area contributed by atoms with E-state index in [1.807, 2.05) is 20.8 Å². The van der Waals surface area contributed by atoms with E-state index in [0.717, 1.165) is 32.1 Å². The van der Waals surface area contributed by atoms with Gasteiger partial charge in [0.15, 0.2) is 0 Å². The number of carbonyl (C=O) groups excluding carboxylic acids is 1. The first-order valence-corrected chi connectivity index (χ1v) is 7.78. The van der Waals surface area contributed by atoms with Crippen LogP contribution in [-0.2, 0) is 4.74 Å². The van der Waals surface area contributed by atoms with Gasteiger partial charge in [-0.15, -0.1) is 0 Å². The summed E-state index contributed by atoms with van der Waals surface area (Å²) < 4.78 is 5.26. The van der Waals surface area contributed by atoms with Crippen LogP contribution < -0.4 is 16.4 Å². The van der Waals surface area contributed by atoms with Crippen LogP contribution in [0.2, 0.25) is 0 Å². The van der Waals surface area contributed by atoms with E-state index < -0.39 is 5.60 Å². The molecule has 0 aromatic carbocycles. The maximum atomic E-state index is 11.7. The van der Waals surface area contributed by atoms with Crippen LogP contribution in [0.15, 0.2) is 0 Å². The van der Waals surface area contributed by atoms with Crippen molar-refractivity contribution in [3.8, 4) is 0 Å². The van der Waals surface area contributed by atoms with Crippen LogP contribution >= 0.6 is 0 Å². The zero-order valence-electron chi connectivity index (χ0n) is 13.4. The fourth-order valence-electron chi connectivity index (χ4n) is 2.61. The molecule has 0 spiro atoms. The highest BCUT2D eigenvalue weighted by atomic mass is 16.6. The zero-order valence-corrected chi connectivity index (χ0v) is 13.4. The fourth-order valence-corrected chi connectivity index (χ4v) is 2.61. The lowest BCUT2D eigenvalue weighted by molar-refractivity contribution is 0.0521. The first-order chi connectivity index (χ1) is 9.30. The van der Waals surface area contributed by atoms with Gasteiger partial charge in [-0.25, -0.2) is 4.79 Å². The van der Waals surface area contributed by atoms with Crippen molar-refractivity contribution in [1.82, 2.24) is 10.6 Å². The molecule has 0 radical (unpaired) electrons. The average molecular weight is 285 g/mol. The largest absolute Gasteiger partial charge is 0.444 e. The minimum absolute atomic E-state index is 0.294. The molecule has 0 bridgehead atoms. The van der Waals surface area contributed by atoms with Crippen LogP contribution in [0.5, 0.6) is 0 Å². The fraction of sp³-hybridized carbons (Fsp3) is 0.933. The molecule has 0 heterocycles. The highest BCUT2D eigenvalue weighted by molar-refractivity contribution is 5.67. The van der Waals surface area contributed by atoms with Gasteiger partial charge in [0.2, 0.25) is 0 Å². The number of nitrogens with two attached hydrogens (primary N) is 1. The maximum absolute atomic E-state index is 11.7. The molecule has 118 valence electrons. The molecule has 3 unspecified atom stereocenters. The second-order valence-corrected chi connectivity index (χ2v) is 6.81. The van der Waals surface area contributed by atoms with Gasteiger partial charge in [-0.3, -0.25) is 0 Å². The number of amides is 1. The Kier molecular flexibility index (Phi) is 6.76. The SMILES string of the molecule is CCCC(CNC(=O)OC(C)(C)C)NC1CCC(N)C1. The van der Waals surface area contributed by atoms with Crippen LogP contribution in [0.3, 0.4) is 0 Å². The van der Waals surface area contributed by atoms with Crippen molar-refractivity contribution >= 4 is 6.09 Å². The average Bonchev–Trinajstić information content (AvgIpc) is 2.70. The van der Waals surface area contributed by atoms with Gasteiger partial charge in [0, 0.05) is 24.7 Å². The molecule has 0 aromatic heterocycles. The number of nitrogens with one attached hydrogen (secondary N) is 2. The number of hydrogen-bond donors (Lipinski definition) is 3. The highest BCUT2D eigenvalue weighted by Gasteiger charge is 2.24. The number of rotatable bonds is 6. The standard InChI is InChI=1S/C15H31N3O2/c1-5-6-13(18-12-8-7-11(16)9-12)10-17-14(19)20-15(2,3)4/h11-13,18H,5-10,16H2,1-4H3,(H,17,19). The molecule has 5 heteroatoms. The zero-order chi connectivity index (χ0) is 15.2. The molecule has 4 N–H and O–H groups in total. The van der Waals surface area contributed by atoms with E-state index in [1.165, 1.54) is 0 Å². The van der Waals surface area contributed by atoms with E-state index in [-0.39, 0.29) is 6.09 Å². The van der Waals surface area contributed by atoms with E-state index in [1.54, 1.807) is 0 Å². The second-order valence-electron chi connectivity index (χ2n) is 6.81. The lowest BCUT2D eigenvalue weighted by Crippen LogP contribution is -2.46. The van der Waals surface area contributed by atoms with Crippen LogP contribution in [0.25, 0.3) is 0 Å². The third-order valence-electron chi connectivity index (χ3n) is 3.47. The lowest BCUT2D eigenvalue weighted by Gasteiger charge is -2.25. The van der Waals surface area contributed by atoms with E-state index in [4.69, 9.17) is 10.5 Å². The number of ether oxygens (including phenoxy) is 1. The van der Waals surface area contributed by atoms with Crippen molar-refractivity contribution in [3.05, 3.63) is 0 Å². The predicted molar refractivity (Wildman–Crippen MR) is 81.7 cm³/mol. The Morgan fingerprint density at radius 1 is 1.40 bits per heavy atom. The molecule has 1 rings (SSSR count). The smallest absolute Gasteiger partial charge is 0.407 e. The van der Waals surface area contributed by atoms with E-state index >= 15 is 0 Å². The van der Waals surface area contributed by atoms with Gasteiger partial charge in [0.05, 0.1) is 0 Å². The molecular weight excluding hydrogens is 254 g/mol. The predicted octanol–water partition coefficient (Wildman–Crippen LogP) is 2.15. The summed E-state index contributed by atoms with van der Waals surface area (Å²) in [5.74, 6) is 0. The van der Waals surface area contributed by atoms with Gasteiger partial charge in [0.1, 0.15) is 5.60 Å². The lowest BCUT2D eigenvalue weighted by atomic mass is 10.1. The summed E-state index contributed by atoms with van der Waals surface area (Å²) in [6, 6.07) is 1.11. The molecule has 0 aliphatic heterocycles. The molecule has 5 nitrogen and oxygen atoms in total. The minimum Gasteiger partial charge on any atom is -0.444 e. The number of carbonyl (C=O) groups is 1. The first kappa shape index (κ1) is 17.2. The van der Waals surface area contributed by atoms with E-state index in [9.17, 15) is 4.79 Å². The minimum atomic E-state index is -0.448. The molecule has 1 amide bonds. The van der Waals surface area contributed by atoms with Gasteiger partial charge < -0.3 is 21.1 Å². The van der Waals surface area contributed by atoms with E-state index in [2.05, 4.69) is 17.6 Å². The van der Waals surface area contributed by atoms with Crippen molar-refractivity contribution in [2.75, 3.05) is 6.54 Å². The van der Waals surface area contributed by atoms with Crippen molar-refractivity contribution in [1.29, 1.82) is 0 Å². The number of hydrogen-bond acceptors (Lipinski definition) is 4. The quantitative estimate of drug-likeness (QED) is 0.699.